The number of halogens is 1. The molecule has 0 saturated carbocycles. The summed E-state index contributed by atoms with van der Waals surface area (Å²) in [7, 11) is 0. The van der Waals surface area contributed by atoms with E-state index in [0.29, 0.717) is 23.9 Å². The van der Waals surface area contributed by atoms with Crippen LogP contribution in [0.15, 0.2) is 35.1 Å². The van der Waals surface area contributed by atoms with Gasteiger partial charge in [-0.15, -0.1) is 0 Å². The Hall–Kier alpha value is -1.46. The van der Waals surface area contributed by atoms with Gasteiger partial charge in [-0.2, -0.15) is 0 Å². The minimum Gasteiger partial charge on any atom is -0.436 e. The molecule has 1 aromatic carbocycles. The summed E-state index contributed by atoms with van der Waals surface area (Å²) in [6, 6.07) is 5.84. The van der Waals surface area contributed by atoms with Crippen LogP contribution in [-0.4, -0.2) is 9.97 Å². The van der Waals surface area contributed by atoms with Crippen molar-refractivity contribution in [1.82, 2.24) is 9.97 Å². The van der Waals surface area contributed by atoms with E-state index >= 15 is 0 Å². The molecule has 0 saturated heterocycles. The van der Waals surface area contributed by atoms with E-state index in [-0.39, 0.29) is 0 Å². The smallest absolute Gasteiger partial charge is 0.238 e. The molecule has 1 heterocycles. The summed E-state index contributed by atoms with van der Waals surface area (Å²) in [5.74, 6) is 1.15. The van der Waals surface area contributed by atoms with E-state index in [1.165, 1.54) is 0 Å². The van der Waals surface area contributed by atoms with Crippen molar-refractivity contribution in [1.29, 1.82) is 0 Å². The Morgan fingerprint density at radius 3 is 2.88 bits per heavy atom. The molecule has 0 bridgehead atoms. The lowest BCUT2D eigenvalue weighted by Gasteiger charge is -2.07. The lowest BCUT2D eigenvalue weighted by Crippen LogP contribution is -2.01. The number of hydrogen-bond donors (Lipinski definition) is 1. The Labute approximate surface area is 108 Å². The van der Waals surface area contributed by atoms with Crippen LogP contribution in [0.1, 0.15) is 11.3 Å². The number of hydrogen-bond acceptors (Lipinski definition) is 4. The van der Waals surface area contributed by atoms with E-state index in [2.05, 4.69) is 25.9 Å². The monoisotopic (exact) mass is 293 g/mol. The summed E-state index contributed by atoms with van der Waals surface area (Å²) >= 11 is 3.44. The van der Waals surface area contributed by atoms with Crippen LogP contribution >= 0.6 is 15.9 Å². The number of aryl methyl sites for hydroxylation is 1. The maximum Gasteiger partial charge on any atom is 0.238 e. The van der Waals surface area contributed by atoms with Crippen LogP contribution in [-0.2, 0) is 6.54 Å². The molecule has 2 aromatic rings. The first-order valence-electron chi connectivity index (χ1n) is 5.14. The van der Waals surface area contributed by atoms with Gasteiger partial charge in [-0.1, -0.05) is 6.07 Å². The maximum atomic E-state index is 5.63. The molecule has 5 heteroatoms. The fourth-order valence-corrected chi connectivity index (χ4v) is 1.91. The van der Waals surface area contributed by atoms with E-state index < -0.39 is 0 Å². The first-order chi connectivity index (χ1) is 8.19. The van der Waals surface area contributed by atoms with Gasteiger partial charge in [0.25, 0.3) is 0 Å². The van der Waals surface area contributed by atoms with Gasteiger partial charge in [0.15, 0.2) is 0 Å². The van der Waals surface area contributed by atoms with E-state index in [9.17, 15) is 0 Å². The summed E-state index contributed by atoms with van der Waals surface area (Å²) in [5, 5.41) is 0. The average Bonchev–Trinajstić information content (AvgIpc) is 2.33. The van der Waals surface area contributed by atoms with Crippen molar-refractivity contribution >= 4 is 15.9 Å². The molecule has 2 N–H and O–H groups in total. The highest BCUT2D eigenvalue weighted by molar-refractivity contribution is 9.10. The maximum absolute atomic E-state index is 5.63. The molecule has 0 unspecified atom stereocenters. The van der Waals surface area contributed by atoms with Crippen molar-refractivity contribution in [2.24, 2.45) is 5.73 Å². The Morgan fingerprint density at radius 2 is 2.18 bits per heavy atom. The molecule has 0 amide bonds. The zero-order chi connectivity index (χ0) is 12.3. The second kappa shape index (κ2) is 5.25. The Morgan fingerprint density at radius 1 is 1.35 bits per heavy atom. The van der Waals surface area contributed by atoms with E-state index in [0.717, 1.165) is 10.0 Å². The number of ether oxygens (including phenoxy) is 1. The van der Waals surface area contributed by atoms with E-state index in [4.69, 9.17) is 10.5 Å². The van der Waals surface area contributed by atoms with Crippen LogP contribution < -0.4 is 10.5 Å². The third kappa shape index (κ3) is 3.01. The molecule has 2 rings (SSSR count). The Kier molecular flexibility index (Phi) is 3.71. The highest BCUT2D eigenvalue weighted by Crippen LogP contribution is 2.29. The molecular weight excluding hydrogens is 282 g/mol. The van der Waals surface area contributed by atoms with Gasteiger partial charge < -0.3 is 10.5 Å². The SMILES string of the molecule is Cc1ccc(Oc2cncc(CN)n2)c(Br)c1. The third-order valence-electron chi connectivity index (χ3n) is 2.17. The van der Waals surface area contributed by atoms with Crippen LogP contribution in [0.25, 0.3) is 0 Å². The fourth-order valence-electron chi connectivity index (χ4n) is 1.34. The van der Waals surface area contributed by atoms with Crippen LogP contribution in [0.4, 0.5) is 0 Å². The molecule has 0 spiro atoms. The highest BCUT2D eigenvalue weighted by atomic mass is 79.9. The Bertz CT molecular complexity index is 531. The third-order valence-corrected chi connectivity index (χ3v) is 2.79. The molecule has 17 heavy (non-hydrogen) atoms. The van der Waals surface area contributed by atoms with Crippen molar-refractivity contribution in [3.8, 4) is 11.6 Å². The zero-order valence-corrected chi connectivity index (χ0v) is 10.9. The minimum atomic E-state index is 0.346. The lowest BCUT2D eigenvalue weighted by molar-refractivity contribution is 0.455. The first-order valence-corrected chi connectivity index (χ1v) is 5.93. The van der Waals surface area contributed by atoms with Crippen LogP contribution in [0.3, 0.4) is 0 Å². The first kappa shape index (κ1) is 12.0. The van der Waals surface area contributed by atoms with Gasteiger partial charge in [0.05, 0.1) is 16.4 Å². The van der Waals surface area contributed by atoms with Gasteiger partial charge >= 0.3 is 0 Å². The van der Waals surface area contributed by atoms with Gasteiger partial charge in [-0.05, 0) is 40.5 Å². The number of nitrogens with zero attached hydrogens (tertiary/aromatic N) is 2. The fraction of sp³-hybridized carbons (Fsp3) is 0.167. The minimum absolute atomic E-state index is 0.346. The standard InChI is InChI=1S/C12H12BrN3O/c1-8-2-3-11(10(13)4-8)17-12-7-15-6-9(5-14)16-12/h2-4,6-7H,5,14H2,1H3. The summed E-state index contributed by atoms with van der Waals surface area (Å²) in [6.07, 6.45) is 3.18. The van der Waals surface area contributed by atoms with E-state index in [1.54, 1.807) is 12.4 Å². The number of nitrogens with two attached hydrogens (primary N) is 1. The molecule has 0 aliphatic rings. The normalized spacial score (nSPS) is 10.3. The molecule has 0 atom stereocenters. The second-order valence-electron chi connectivity index (χ2n) is 3.59. The average molecular weight is 294 g/mol. The van der Waals surface area contributed by atoms with Crippen molar-refractivity contribution in [3.63, 3.8) is 0 Å². The summed E-state index contributed by atoms with van der Waals surface area (Å²) in [5.41, 5.74) is 7.35. The van der Waals surface area contributed by atoms with Crippen LogP contribution in [0.2, 0.25) is 0 Å². The predicted molar refractivity (Wildman–Crippen MR) is 68.9 cm³/mol. The van der Waals surface area contributed by atoms with Gasteiger partial charge in [-0.3, -0.25) is 4.98 Å². The molecule has 1 aromatic heterocycles. The molecule has 0 fully saturated rings. The van der Waals surface area contributed by atoms with E-state index in [1.807, 2.05) is 25.1 Å². The van der Waals surface area contributed by atoms with Crippen molar-refractivity contribution < 1.29 is 4.74 Å². The topological polar surface area (TPSA) is 61.0 Å². The summed E-state index contributed by atoms with van der Waals surface area (Å²) in [4.78, 5) is 8.24. The molecule has 4 nitrogen and oxygen atoms in total. The van der Waals surface area contributed by atoms with Gasteiger partial charge in [0, 0.05) is 12.7 Å². The lowest BCUT2D eigenvalue weighted by atomic mass is 10.2. The summed E-state index contributed by atoms with van der Waals surface area (Å²) < 4.78 is 6.52. The number of rotatable bonds is 3. The van der Waals surface area contributed by atoms with Gasteiger partial charge in [0.1, 0.15) is 5.75 Å². The Balaban J connectivity index is 2.25. The van der Waals surface area contributed by atoms with Crippen molar-refractivity contribution in [3.05, 3.63) is 46.3 Å². The molecular formula is C12H12BrN3O. The molecule has 0 aliphatic heterocycles. The number of benzene rings is 1. The largest absolute Gasteiger partial charge is 0.436 e. The van der Waals surface area contributed by atoms with Crippen LogP contribution in [0, 0.1) is 6.92 Å². The van der Waals surface area contributed by atoms with Crippen molar-refractivity contribution in [2.45, 2.75) is 13.5 Å². The molecule has 0 radical (unpaired) electrons. The van der Waals surface area contributed by atoms with Gasteiger partial charge in [0.2, 0.25) is 5.88 Å². The predicted octanol–water partition coefficient (Wildman–Crippen LogP) is 2.80. The van der Waals surface area contributed by atoms with Crippen LogP contribution in [0.5, 0.6) is 11.6 Å². The second-order valence-corrected chi connectivity index (χ2v) is 4.44. The van der Waals surface area contributed by atoms with Crippen molar-refractivity contribution in [2.75, 3.05) is 0 Å². The number of aromatic nitrogens is 2. The van der Waals surface area contributed by atoms with Gasteiger partial charge in [-0.25, -0.2) is 4.98 Å². The molecule has 88 valence electrons. The summed E-state index contributed by atoms with van der Waals surface area (Å²) in [6.45, 7) is 2.36. The quantitative estimate of drug-likeness (QED) is 0.945. The molecule has 0 aliphatic carbocycles. The zero-order valence-electron chi connectivity index (χ0n) is 9.35. The highest BCUT2D eigenvalue weighted by Gasteiger charge is 2.04.